The lowest BCUT2D eigenvalue weighted by Crippen LogP contribution is -2.25. The van der Waals surface area contributed by atoms with E-state index in [1.807, 2.05) is 19.9 Å². The molecule has 0 saturated carbocycles. The molecule has 8 nitrogen and oxygen atoms in total. The van der Waals surface area contributed by atoms with Gasteiger partial charge in [-0.25, -0.2) is 4.99 Å². The minimum absolute atomic E-state index is 0.149. The van der Waals surface area contributed by atoms with Gasteiger partial charge in [0.15, 0.2) is 16.7 Å². The van der Waals surface area contributed by atoms with E-state index < -0.39 is 0 Å². The molecule has 1 aromatic heterocycles. The Balaban J connectivity index is 1.70. The summed E-state index contributed by atoms with van der Waals surface area (Å²) in [5.74, 6) is 2.09. The zero-order valence-corrected chi connectivity index (χ0v) is 16.4. The minimum atomic E-state index is -0.214. The molecule has 142 valence electrons. The summed E-state index contributed by atoms with van der Waals surface area (Å²) in [6.45, 7) is 3.80. The number of amides is 1. The van der Waals surface area contributed by atoms with Crippen molar-refractivity contribution in [1.82, 2.24) is 10.1 Å². The van der Waals surface area contributed by atoms with Gasteiger partial charge >= 0.3 is 0 Å². The van der Waals surface area contributed by atoms with Crippen LogP contribution in [0, 0.1) is 5.92 Å². The Hall–Kier alpha value is -2.68. The number of nitrogens with zero attached hydrogens (tertiary/aromatic N) is 4. The van der Waals surface area contributed by atoms with E-state index in [1.165, 1.54) is 11.8 Å². The van der Waals surface area contributed by atoms with Crippen molar-refractivity contribution in [1.29, 1.82) is 0 Å². The van der Waals surface area contributed by atoms with E-state index in [9.17, 15) is 4.79 Å². The van der Waals surface area contributed by atoms with Crippen molar-refractivity contribution in [3.05, 3.63) is 24.1 Å². The van der Waals surface area contributed by atoms with Crippen molar-refractivity contribution in [3.63, 3.8) is 0 Å². The summed E-state index contributed by atoms with van der Waals surface area (Å²) in [5.41, 5.74) is 1.54. The topological polar surface area (TPSA) is 99.2 Å². The normalized spacial score (nSPS) is 16.7. The monoisotopic (exact) mass is 388 g/mol. The lowest BCUT2D eigenvalue weighted by Gasteiger charge is -2.15. The molecule has 1 atom stereocenters. The Bertz CT molecular complexity index is 907. The molecular weight excluding hydrogens is 368 g/mol. The van der Waals surface area contributed by atoms with Gasteiger partial charge in [-0.1, -0.05) is 23.8 Å². The number of rotatable bonds is 6. The minimum Gasteiger partial charge on any atom is -0.493 e. The van der Waals surface area contributed by atoms with E-state index in [0.717, 1.165) is 11.3 Å². The molecule has 0 bridgehead atoms. The summed E-state index contributed by atoms with van der Waals surface area (Å²) in [4.78, 5) is 24.8. The van der Waals surface area contributed by atoms with Crippen molar-refractivity contribution >= 4 is 28.5 Å². The number of thioether (sulfide) groups is 1. The third kappa shape index (κ3) is 4.19. The van der Waals surface area contributed by atoms with Crippen molar-refractivity contribution in [3.8, 4) is 22.9 Å². The number of benzene rings is 1. The van der Waals surface area contributed by atoms with Gasteiger partial charge in [-0.05, 0) is 31.5 Å². The summed E-state index contributed by atoms with van der Waals surface area (Å²) in [6, 6.07) is 5.39. The fraction of sp³-hybridized carbons (Fsp3) is 0.389. The number of methoxy groups -OCH3 is 2. The molecule has 2 aromatic rings. The number of amidine groups is 1. The predicted octanol–water partition coefficient (Wildman–Crippen LogP) is 3.37. The lowest BCUT2D eigenvalue weighted by molar-refractivity contribution is -0.119. The molecular formula is C18H20N4O4S. The summed E-state index contributed by atoms with van der Waals surface area (Å²) in [5, 5.41) is 4.42. The SMILES string of the molecule is CCC1C(=O)N=C(SCc2nc(-c3ccc(OC)c(OC)c3)no2)N=C1C. The van der Waals surface area contributed by atoms with Gasteiger partial charge in [0.05, 0.1) is 25.9 Å². The molecule has 3 rings (SSSR count). The largest absolute Gasteiger partial charge is 0.493 e. The molecule has 1 aliphatic heterocycles. The second-order valence-electron chi connectivity index (χ2n) is 5.82. The van der Waals surface area contributed by atoms with Gasteiger partial charge in [0.25, 0.3) is 5.91 Å². The van der Waals surface area contributed by atoms with Gasteiger partial charge in [0.2, 0.25) is 11.7 Å². The highest BCUT2D eigenvalue weighted by molar-refractivity contribution is 8.13. The van der Waals surface area contributed by atoms with E-state index in [1.54, 1.807) is 26.4 Å². The smallest absolute Gasteiger partial charge is 0.256 e. The summed E-state index contributed by atoms with van der Waals surface area (Å²) < 4.78 is 15.8. The fourth-order valence-electron chi connectivity index (χ4n) is 2.67. The fourth-order valence-corrected chi connectivity index (χ4v) is 3.40. The van der Waals surface area contributed by atoms with Crippen LogP contribution in [0.5, 0.6) is 11.5 Å². The van der Waals surface area contributed by atoms with Crippen molar-refractivity contribution in [2.75, 3.05) is 14.2 Å². The van der Waals surface area contributed by atoms with E-state index in [0.29, 0.717) is 40.6 Å². The number of aliphatic imine (C=N–C) groups is 2. The first-order chi connectivity index (χ1) is 13.0. The number of carbonyl (C=O) groups excluding carboxylic acids is 1. The summed E-state index contributed by atoms with van der Waals surface area (Å²) in [7, 11) is 3.14. The van der Waals surface area contributed by atoms with E-state index in [2.05, 4.69) is 20.1 Å². The average Bonchev–Trinajstić information content (AvgIpc) is 3.14. The first-order valence-electron chi connectivity index (χ1n) is 8.41. The molecule has 0 saturated heterocycles. The van der Waals surface area contributed by atoms with Gasteiger partial charge in [-0.15, -0.1) is 0 Å². The van der Waals surface area contributed by atoms with Crippen molar-refractivity contribution < 1.29 is 18.8 Å². The first-order valence-corrected chi connectivity index (χ1v) is 9.39. The second kappa shape index (κ2) is 8.34. The Kier molecular flexibility index (Phi) is 5.90. The maximum atomic E-state index is 12.0. The number of hydrogen-bond acceptors (Lipinski definition) is 8. The number of carbonyl (C=O) groups is 1. The summed E-state index contributed by atoms with van der Waals surface area (Å²) >= 11 is 1.29. The highest BCUT2D eigenvalue weighted by Gasteiger charge is 2.24. The highest BCUT2D eigenvalue weighted by atomic mass is 32.2. The van der Waals surface area contributed by atoms with Gasteiger partial charge in [0, 0.05) is 11.3 Å². The number of hydrogen-bond donors (Lipinski definition) is 0. The maximum Gasteiger partial charge on any atom is 0.256 e. The molecule has 27 heavy (non-hydrogen) atoms. The number of aromatic nitrogens is 2. The zero-order valence-electron chi connectivity index (χ0n) is 15.6. The third-order valence-electron chi connectivity index (χ3n) is 4.12. The van der Waals surface area contributed by atoms with Gasteiger partial charge in [0.1, 0.15) is 0 Å². The third-order valence-corrected chi connectivity index (χ3v) is 4.96. The molecule has 0 radical (unpaired) electrons. The van der Waals surface area contributed by atoms with Crippen LogP contribution in [0.2, 0.25) is 0 Å². The van der Waals surface area contributed by atoms with E-state index in [4.69, 9.17) is 14.0 Å². The Morgan fingerprint density at radius 1 is 1.19 bits per heavy atom. The predicted molar refractivity (Wildman–Crippen MR) is 103 cm³/mol. The standard InChI is InChI=1S/C18H20N4O4S/c1-5-12-10(2)19-18(21-17(12)23)27-9-15-20-16(22-26-15)11-6-7-13(24-3)14(8-11)25-4/h6-8,12H,5,9H2,1-4H3. The quantitative estimate of drug-likeness (QED) is 0.748. The van der Waals surface area contributed by atoms with Crippen LogP contribution in [0.15, 0.2) is 32.7 Å². The van der Waals surface area contributed by atoms with Crippen molar-refractivity contribution in [2.45, 2.75) is 26.0 Å². The van der Waals surface area contributed by atoms with Crippen LogP contribution >= 0.6 is 11.8 Å². The van der Waals surface area contributed by atoms with Crippen LogP contribution < -0.4 is 9.47 Å². The second-order valence-corrected chi connectivity index (χ2v) is 6.76. The average molecular weight is 388 g/mol. The van der Waals surface area contributed by atoms with Crippen LogP contribution in [0.25, 0.3) is 11.4 Å². The zero-order chi connectivity index (χ0) is 19.4. The van der Waals surface area contributed by atoms with Gasteiger partial charge in [-0.2, -0.15) is 9.98 Å². The molecule has 1 aliphatic rings. The molecule has 9 heteroatoms. The highest BCUT2D eigenvalue weighted by Crippen LogP contribution is 2.31. The van der Waals surface area contributed by atoms with Crippen molar-refractivity contribution in [2.24, 2.45) is 15.9 Å². The molecule has 1 unspecified atom stereocenters. The molecule has 1 amide bonds. The molecule has 0 fully saturated rings. The Labute approximate surface area is 161 Å². The molecule has 1 aromatic carbocycles. The van der Waals surface area contributed by atoms with E-state index in [-0.39, 0.29) is 11.8 Å². The van der Waals surface area contributed by atoms with Gasteiger partial charge < -0.3 is 14.0 Å². The molecule has 0 N–H and O–H groups in total. The Morgan fingerprint density at radius 3 is 2.63 bits per heavy atom. The van der Waals surface area contributed by atoms with Crippen LogP contribution in [-0.2, 0) is 10.5 Å². The Morgan fingerprint density at radius 2 is 1.96 bits per heavy atom. The molecule has 0 spiro atoms. The molecule has 0 aliphatic carbocycles. The lowest BCUT2D eigenvalue weighted by atomic mass is 10.0. The van der Waals surface area contributed by atoms with Crippen LogP contribution in [0.3, 0.4) is 0 Å². The van der Waals surface area contributed by atoms with Gasteiger partial charge in [-0.3, -0.25) is 4.79 Å². The van der Waals surface area contributed by atoms with Crippen LogP contribution in [0.4, 0.5) is 0 Å². The van der Waals surface area contributed by atoms with E-state index >= 15 is 0 Å². The maximum absolute atomic E-state index is 12.0. The van der Waals surface area contributed by atoms with Crippen LogP contribution in [0.1, 0.15) is 26.2 Å². The molecule has 2 heterocycles. The first kappa shape index (κ1) is 19.1. The number of ether oxygens (including phenoxy) is 2. The van der Waals surface area contributed by atoms with Crippen LogP contribution in [-0.4, -0.2) is 41.1 Å². The summed E-state index contributed by atoms with van der Waals surface area (Å²) in [6.07, 6.45) is 0.702.